The van der Waals surface area contributed by atoms with Gasteiger partial charge in [-0.25, -0.2) is 18.4 Å². The zero-order valence-electron chi connectivity index (χ0n) is 16.1. The lowest BCUT2D eigenvalue weighted by atomic mass is 10.2. The first-order valence-corrected chi connectivity index (χ1v) is 13.9. The predicted octanol–water partition coefficient (Wildman–Crippen LogP) is 3.86. The van der Waals surface area contributed by atoms with E-state index in [-0.39, 0.29) is 29.2 Å². The molecule has 1 aliphatic heterocycles. The Hall–Kier alpha value is -1.49. The van der Waals surface area contributed by atoms with E-state index in [1.165, 1.54) is 11.8 Å². The van der Waals surface area contributed by atoms with Gasteiger partial charge in [-0.1, -0.05) is 17.8 Å². The minimum Gasteiger partial charge on any atom is -0.338 e. The number of carbonyl (C=O) groups excluding carboxylic acids is 1. The minimum atomic E-state index is -3.03. The smallest absolute Gasteiger partial charge is 0.233 e. The van der Waals surface area contributed by atoms with Crippen LogP contribution in [0.1, 0.15) is 19.2 Å². The molecule has 0 bridgehead atoms. The molecule has 154 valence electrons. The van der Waals surface area contributed by atoms with Crippen molar-refractivity contribution in [2.75, 3.05) is 23.8 Å². The second kappa shape index (κ2) is 8.33. The van der Waals surface area contributed by atoms with Gasteiger partial charge in [0.15, 0.2) is 9.84 Å². The van der Waals surface area contributed by atoms with Gasteiger partial charge in [-0.2, -0.15) is 0 Å². The van der Waals surface area contributed by atoms with Crippen molar-refractivity contribution in [3.05, 3.63) is 28.7 Å². The Morgan fingerprint density at radius 3 is 2.83 bits per heavy atom. The van der Waals surface area contributed by atoms with Crippen LogP contribution in [0, 0.1) is 6.92 Å². The Morgan fingerprint density at radius 1 is 1.34 bits per heavy atom. The number of sulfone groups is 1. The highest BCUT2D eigenvalue weighted by Gasteiger charge is 2.33. The highest BCUT2D eigenvalue weighted by atomic mass is 32.2. The number of rotatable bonds is 6. The average Bonchev–Trinajstić information content (AvgIpc) is 3.39. The van der Waals surface area contributed by atoms with Gasteiger partial charge in [-0.05, 0) is 31.7 Å². The monoisotopic (exact) mass is 467 g/mol. The van der Waals surface area contributed by atoms with Crippen molar-refractivity contribution in [3.8, 4) is 10.4 Å². The van der Waals surface area contributed by atoms with Crippen LogP contribution in [-0.2, 0) is 14.6 Å². The summed E-state index contributed by atoms with van der Waals surface area (Å²) in [6, 6.07) is 3.88. The molecule has 4 rings (SSSR count). The second-order valence-electron chi connectivity index (χ2n) is 6.91. The quantitative estimate of drug-likeness (QED) is 0.405. The summed E-state index contributed by atoms with van der Waals surface area (Å²) in [4.78, 5) is 25.9. The number of aryl methyl sites for hydroxylation is 1. The summed E-state index contributed by atoms with van der Waals surface area (Å²) in [5.41, 5.74) is 1.10. The Bertz CT molecular complexity index is 1140. The van der Waals surface area contributed by atoms with Crippen LogP contribution in [0.5, 0.6) is 0 Å². The van der Waals surface area contributed by atoms with Crippen molar-refractivity contribution in [2.45, 2.75) is 31.3 Å². The van der Waals surface area contributed by atoms with Crippen molar-refractivity contribution in [3.63, 3.8) is 0 Å². The highest BCUT2D eigenvalue weighted by Crippen LogP contribution is 2.40. The Kier molecular flexibility index (Phi) is 5.97. The molecule has 0 spiro atoms. The van der Waals surface area contributed by atoms with Crippen molar-refractivity contribution in [1.82, 2.24) is 14.9 Å². The van der Waals surface area contributed by atoms with E-state index < -0.39 is 9.84 Å². The van der Waals surface area contributed by atoms with Crippen LogP contribution >= 0.6 is 34.4 Å². The number of hydrogen-bond donors (Lipinski definition) is 0. The van der Waals surface area contributed by atoms with Crippen LogP contribution < -0.4 is 0 Å². The zero-order chi connectivity index (χ0) is 20.6. The topological polar surface area (TPSA) is 80.2 Å². The maximum absolute atomic E-state index is 12.9. The van der Waals surface area contributed by atoms with Crippen LogP contribution in [0.4, 0.5) is 0 Å². The van der Waals surface area contributed by atoms with Gasteiger partial charge in [0.05, 0.1) is 22.6 Å². The van der Waals surface area contributed by atoms with E-state index in [0.29, 0.717) is 18.8 Å². The summed E-state index contributed by atoms with van der Waals surface area (Å²) in [6.07, 6.45) is 0.524. The molecular formula is C19H21N3O3S4. The number of aromatic nitrogens is 2. The average molecular weight is 468 g/mol. The Morgan fingerprint density at radius 2 is 2.17 bits per heavy atom. The fourth-order valence-electron chi connectivity index (χ4n) is 3.60. The summed E-state index contributed by atoms with van der Waals surface area (Å²) in [5.74, 6) is 1.11. The van der Waals surface area contributed by atoms with Crippen LogP contribution in [0.2, 0.25) is 0 Å². The first-order valence-electron chi connectivity index (χ1n) is 9.30. The molecule has 0 radical (unpaired) electrons. The molecule has 1 atom stereocenters. The molecular weight excluding hydrogens is 446 g/mol. The van der Waals surface area contributed by atoms with E-state index in [1.807, 2.05) is 25.3 Å². The summed E-state index contributed by atoms with van der Waals surface area (Å²) >= 11 is 4.66. The van der Waals surface area contributed by atoms with E-state index in [1.54, 1.807) is 27.6 Å². The van der Waals surface area contributed by atoms with E-state index >= 15 is 0 Å². The van der Waals surface area contributed by atoms with Gasteiger partial charge < -0.3 is 4.90 Å². The molecule has 0 unspecified atom stereocenters. The van der Waals surface area contributed by atoms with Gasteiger partial charge in [0.2, 0.25) is 5.91 Å². The predicted molar refractivity (Wildman–Crippen MR) is 121 cm³/mol. The molecule has 1 saturated heterocycles. The van der Waals surface area contributed by atoms with Gasteiger partial charge in [0, 0.05) is 28.4 Å². The first kappa shape index (κ1) is 20.8. The van der Waals surface area contributed by atoms with Gasteiger partial charge in [0.25, 0.3) is 0 Å². The molecule has 0 aliphatic carbocycles. The molecule has 1 fully saturated rings. The molecule has 0 N–H and O–H groups in total. The van der Waals surface area contributed by atoms with Crippen LogP contribution in [0.25, 0.3) is 20.7 Å². The number of thiophene rings is 2. The van der Waals surface area contributed by atoms with E-state index in [0.717, 1.165) is 25.7 Å². The fraction of sp³-hybridized carbons (Fsp3) is 0.421. The number of thioether (sulfide) groups is 1. The van der Waals surface area contributed by atoms with Crippen LogP contribution in [-0.4, -0.2) is 59.0 Å². The van der Waals surface area contributed by atoms with Gasteiger partial charge in [-0.3, -0.25) is 4.79 Å². The Balaban J connectivity index is 1.58. The third-order valence-electron chi connectivity index (χ3n) is 4.94. The SMILES string of the molecule is CCN(C(=O)CSc1nc(C)nc2scc(-c3cccs3)c12)[C@H]1CCS(=O)(=O)C1. The lowest BCUT2D eigenvalue weighted by Crippen LogP contribution is -2.41. The van der Waals surface area contributed by atoms with Crippen molar-refractivity contribution in [1.29, 1.82) is 0 Å². The molecule has 1 amide bonds. The summed E-state index contributed by atoms with van der Waals surface area (Å²) in [5, 5.41) is 5.94. The van der Waals surface area contributed by atoms with E-state index in [9.17, 15) is 13.2 Å². The van der Waals surface area contributed by atoms with Crippen molar-refractivity contribution >= 4 is 60.4 Å². The lowest BCUT2D eigenvalue weighted by Gasteiger charge is -2.26. The Labute approximate surface area is 182 Å². The van der Waals surface area contributed by atoms with Crippen molar-refractivity contribution in [2.24, 2.45) is 0 Å². The van der Waals surface area contributed by atoms with E-state index in [4.69, 9.17) is 0 Å². The fourth-order valence-corrected chi connectivity index (χ4v) is 8.18. The third-order valence-corrected chi connectivity index (χ3v) is 9.43. The maximum Gasteiger partial charge on any atom is 0.233 e. The summed E-state index contributed by atoms with van der Waals surface area (Å²) in [6.45, 7) is 4.27. The molecule has 10 heteroatoms. The molecule has 29 heavy (non-hydrogen) atoms. The van der Waals surface area contributed by atoms with Gasteiger partial charge >= 0.3 is 0 Å². The van der Waals surface area contributed by atoms with Crippen molar-refractivity contribution < 1.29 is 13.2 Å². The number of fused-ring (bicyclic) bond motifs is 1. The number of nitrogens with zero attached hydrogens (tertiary/aromatic N) is 3. The number of amides is 1. The van der Waals surface area contributed by atoms with Crippen LogP contribution in [0.3, 0.4) is 0 Å². The maximum atomic E-state index is 12.9. The van der Waals surface area contributed by atoms with Gasteiger partial charge in [-0.15, -0.1) is 22.7 Å². The molecule has 1 aliphatic rings. The summed E-state index contributed by atoms with van der Waals surface area (Å²) in [7, 11) is -3.03. The number of carbonyl (C=O) groups is 1. The molecule has 3 aromatic heterocycles. The largest absolute Gasteiger partial charge is 0.338 e. The second-order valence-corrected chi connectivity index (χ2v) is 11.9. The lowest BCUT2D eigenvalue weighted by molar-refractivity contribution is -0.129. The molecule has 0 aromatic carbocycles. The van der Waals surface area contributed by atoms with Gasteiger partial charge in [0.1, 0.15) is 15.7 Å². The molecule has 0 saturated carbocycles. The molecule has 6 nitrogen and oxygen atoms in total. The molecule has 4 heterocycles. The normalized spacial score (nSPS) is 18.3. The summed E-state index contributed by atoms with van der Waals surface area (Å²) < 4.78 is 23.6. The van der Waals surface area contributed by atoms with Crippen LogP contribution in [0.15, 0.2) is 27.9 Å². The zero-order valence-corrected chi connectivity index (χ0v) is 19.4. The van der Waals surface area contributed by atoms with E-state index in [2.05, 4.69) is 21.4 Å². The minimum absolute atomic E-state index is 0.0445. The standard InChI is InChI=1S/C19H21N3O3S4/c1-3-22(13-6-8-29(24,25)11-13)16(23)10-28-19-17-14(15-5-4-7-26-15)9-27-18(17)20-12(2)21-19/h4-5,7,9,13H,3,6,8,10-11H2,1-2H3/t13-/m0/s1. The third kappa shape index (κ3) is 4.35. The molecule has 3 aromatic rings. The highest BCUT2D eigenvalue weighted by molar-refractivity contribution is 8.00. The first-order chi connectivity index (χ1) is 13.9. The number of hydrogen-bond acceptors (Lipinski definition) is 8.